The van der Waals surface area contributed by atoms with Crippen LogP contribution in [0.15, 0.2) is 53.3 Å². The highest BCUT2D eigenvalue weighted by atomic mass is 16.2. The predicted molar refractivity (Wildman–Crippen MR) is 102 cm³/mol. The molecular weight excluding hydrogens is 330 g/mol. The summed E-state index contributed by atoms with van der Waals surface area (Å²) >= 11 is 0. The first kappa shape index (κ1) is 17.7. The molecule has 0 aliphatic heterocycles. The average molecular weight is 351 g/mol. The van der Waals surface area contributed by atoms with Crippen molar-refractivity contribution in [2.75, 3.05) is 5.32 Å². The van der Waals surface area contributed by atoms with Crippen LogP contribution >= 0.6 is 0 Å². The zero-order valence-corrected chi connectivity index (χ0v) is 14.9. The third-order valence-electron chi connectivity index (χ3n) is 4.23. The number of hydrogen-bond donors (Lipinski definition) is 1. The molecule has 0 spiro atoms. The van der Waals surface area contributed by atoms with E-state index < -0.39 is 0 Å². The summed E-state index contributed by atoms with van der Waals surface area (Å²) in [6, 6.07) is 14.2. The SMILES string of the molecule is CCCn1c(=O)n(CC(=O)Nc2cccc(C(C)=O)c2)c2ccccc21. The monoisotopic (exact) mass is 351 g/mol. The van der Waals surface area contributed by atoms with Crippen molar-refractivity contribution in [2.24, 2.45) is 0 Å². The number of aryl methyl sites for hydroxylation is 1. The Morgan fingerprint density at radius 3 is 2.35 bits per heavy atom. The van der Waals surface area contributed by atoms with Gasteiger partial charge in [-0.25, -0.2) is 4.79 Å². The van der Waals surface area contributed by atoms with Gasteiger partial charge in [0.25, 0.3) is 0 Å². The Morgan fingerprint density at radius 1 is 1.00 bits per heavy atom. The maximum atomic E-state index is 12.7. The molecule has 0 saturated heterocycles. The van der Waals surface area contributed by atoms with E-state index in [0.717, 1.165) is 17.5 Å². The Bertz CT molecular complexity index is 1030. The molecule has 134 valence electrons. The second-order valence-electron chi connectivity index (χ2n) is 6.19. The first-order chi connectivity index (χ1) is 12.5. The van der Waals surface area contributed by atoms with E-state index in [9.17, 15) is 14.4 Å². The lowest BCUT2D eigenvalue weighted by atomic mass is 10.1. The number of nitrogens with zero attached hydrogens (tertiary/aromatic N) is 2. The number of aromatic nitrogens is 2. The largest absolute Gasteiger partial charge is 0.329 e. The minimum Gasteiger partial charge on any atom is -0.325 e. The van der Waals surface area contributed by atoms with Crippen molar-refractivity contribution in [3.63, 3.8) is 0 Å². The third kappa shape index (κ3) is 3.44. The normalized spacial score (nSPS) is 10.8. The lowest BCUT2D eigenvalue weighted by molar-refractivity contribution is -0.116. The van der Waals surface area contributed by atoms with Gasteiger partial charge in [-0.3, -0.25) is 18.7 Å². The molecule has 0 radical (unpaired) electrons. The molecule has 0 aliphatic carbocycles. The van der Waals surface area contributed by atoms with Gasteiger partial charge >= 0.3 is 5.69 Å². The first-order valence-corrected chi connectivity index (χ1v) is 8.60. The topological polar surface area (TPSA) is 73.1 Å². The Labute approximate surface area is 151 Å². The van der Waals surface area contributed by atoms with E-state index in [-0.39, 0.29) is 23.9 Å². The van der Waals surface area contributed by atoms with Gasteiger partial charge in [-0.2, -0.15) is 0 Å². The number of rotatable bonds is 6. The summed E-state index contributed by atoms with van der Waals surface area (Å²) in [7, 11) is 0. The Hall–Kier alpha value is -3.15. The molecule has 6 nitrogen and oxygen atoms in total. The van der Waals surface area contributed by atoms with Gasteiger partial charge in [0.2, 0.25) is 5.91 Å². The van der Waals surface area contributed by atoms with E-state index in [4.69, 9.17) is 0 Å². The van der Waals surface area contributed by atoms with Crippen LogP contribution in [0.1, 0.15) is 30.6 Å². The molecule has 1 aromatic heterocycles. The van der Waals surface area contributed by atoms with Crippen LogP contribution in [-0.4, -0.2) is 20.8 Å². The summed E-state index contributed by atoms with van der Waals surface area (Å²) in [5, 5.41) is 2.76. The molecule has 0 saturated carbocycles. The van der Waals surface area contributed by atoms with E-state index >= 15 is 0 Å². The molecule has 3 aromatic rings. The van der Waals surface area contributed by atoms with Crippen molar-refractivity contribution in [2.45, 2.75) is 33.4 Å². The van der Waals surface area contributed by atoms with Gasteiger partial charge < -0.3 is 5.32 Å². The Balaban J connectivity index is 1.88. The Kier molecular flexibility index (Phi) is 5.02. The fourth-order valence-corrected chi connectivity index (χ4v) is 3.03. The second kappa shape index (κ2) is 7.39. The van der Waals surface area contributed by atoms with Crippen molar-refractivity contribution in [3.8, 4) is 0 Å². The van der Waals surface area contributed by atoms with Crippen LogP contribution in [0.25, 0.3) is 11.0 Å². The quantitative estimate of drug-likeness (QED) is 0.694. The second-order valence-corrected chi connectivity index (χ2v) is 6.19. The molecule has 1 amide bonds. The van der Waals surface area contributed by atoms with E-state index in [1.807, 2.05) is 31.2 Å². The summed E-state index contributed by atoms with van der Waals surface area (Å²) < 4.78 is 3.17. The number of nitrogens with one attached hydrogen (secondary N) is 1. The number of ketones is 1. The molecule has 0 bridgehead atoms. The number of Topliss-reactive ketones (excluding diaryl/α,β-unsaturated/α-hetero) is 1. The minimum atomic E-state index is -0.313. The number of carbonyl (C=O) groups is 2. The van der Waals surface area contributed by atoms with Gasteiger partial charge in [0.1, 0.15) is 6.54 Å². The van der Waals surface area contributed by atoms with Crippen LogP contribution in [0.3, 0.4) is 0 Å². The molecule has 0 atom stereocenters. The van der Waals surface area contributed by atoms with Crippen molar-refractivity contribution in [1.29, 1.82) is 0 Å². The van der Waals surface area contributed by atoms with Gasteiger partial charge in [0, 0.05) is 17.8 Å². The number of fused-ring (bicyclic) bond motifs is 1. The number of benzene rings is 2. The smallest absolute Gasteiger partial charge is 0.325 e. The van der Waals surface area contributed by atoms with E-state index in [1.54, 1.807) is 28.8 Å². The fourth-order valence-electron chi connectivity index (χ4n) is 3.03. The van der Waals surface area contributed by atoms with Gasteiger partial charge in [0.05, 0.1) is 11.0 Å². The fraction of sp³-hybridized carbons (Fsp3) is 0.250. The van der Waals surface area contributed by atoms with Crippen LogP contribution in [-0.2, 0) is 17.9 Å². The zero-order chi connectivity index (χ0) is 18.7. The van der Waals surface area contributed by atoms with Crippen LogP contribution in [0.4, 0.5) is 5.69 Å². The summed E-state index contributed by atoms with van der Waals surface area (Å²) in [5.41, 5.74) is 2.43. The summed E-state index contributed by atoms with van der Waals surface area (Å²) in [6.07, 6.45) is 0.831. The molecule has 0 fully saturated rings. The van der Waals surface area contributed by atoms with Crippen molar-refractivity contribution < 1.29 is 9.59 Å². The number of hydrogen-bond acceptors (Lipinski definition) is 3. The molecule has 3 rings (SSSR count). The Morgan fingerprint density at radius 2 is 1.69 bits per heavy atom. The first-order valence-electron chi connectivity index (χ1n) is 8.60. The summed E-state index contributed by atoms with van der Waals surface area (Å²) in [5.74, 6) is -0.382. The van der Waals surface area contributed by atoms with Crippen LogP contribution in [0.2, 0.25) is 0 Å². The number of imidazole rings is 1. The van der Waals surface area contributed by atoms with E-state index in [2.05, 4.69) is 5.32 Å². The molecule has 2 aromatic carbocycles. The van der Waals surface area contributed by atoms with Crippen LogP contribution in [0, 0.1) is 0 Å². The van der Waals surface area contributed by atoms with Gasteiger partial charge in [-0.1, -0.05) is 31.2 Å². The van der Waals surface area contributed by atoms with Gasteiger partial charge in [0.15, 0.2) is 5.78 Å². The maximum Gasteiger partial charge on any atom is 0.329 e. The lowest BCUT2D eigenvalue weighted by Crippen LogP contribution is -2.29. The summed E-state index contributed by atoms with van der Waals surface area (Å²) in [4.78, 5) is 36.6. The molecule has 6 heteroatoms. The third-order valence-corrected chi connectivity index (χ3v) is 4.23. The number of anilines is 1. The van der Waals surface area contributed by atoms with Gasteiger partial charge in [-0.05, 0) is 37.6 Å². The molecule has 0 unspecified atom stereocenters. The lowest BCUT2D eigenvalue weighted by Gasteiger charge is -2.07. The molecule has 0 aliphatic rings. The van der Waals surface area contributed by atoms with Crippen molar-refractivity contribution in [3.05, 3.63) is 64.6 Å². The van der Waals surface area contributed by atoms with Crippen LogP contribution < -0.4 is 11.0 Å². The van der Waals surface area contributed by atoms with E-state index in [0.29, 0.717) is 17.8 Å². The molecule has 1 N–H and O–H groups in total. The number of amides is 1. The van der Waals surface area contributed by atoms with E-state index in [1.165, 1.54) is 11.5 Å². The molecule has 1 heterocycles. The number of para-hydroxylation sites is 2. The standard InChI is InChI=1S/C20H21N3O3/c1-3-11-22-17-9-4-5-10-18(17)23(20(22)26)13-19(25)21-16-8-6-7-15(12-16)14(2)24/h4-10,12H,3,11,13H2,1-2H3,(H,21,25). The predicted octanol–water partition coefficient (Wildman–Crippen LogP) is 3.05. The highest BCUT2D eigenvalue weighted by Crippen LogP contribution is 2.14. The average Bonchev–Trinajstić information content (AvgIpc) is 2.88. The van der Waals surface area contributed by atoms with Gasteiger partial charge in [-0.15, -0.1) is 0 Å². The molecule has 26 heavy (non-hydrogen) atoms. The van der Waals surface area contributed by atoms with Crippen molar-refractivity contribution >= 4 is 28.4 Å². The highest BCUT2D eigenvalue weighted by molar-refractivity contribution is 5.97. The molecular formula is C20H21N3O3. The van der Waals surface area contributed by atoms with Crippen molar-refractivity contribution in [1.82, 2.24) is 9.13 Å². The van der Waals surface area contributed by atoms with Crippen LogP contribution in [0.5, 0.6) is 0 Å². The number of carbonyl (C=O) groups excluding carboxylic acids is 2. The maximum absolute atomic E-state index is 12.7. The minimum absolute atomic E-state index is 0.0695. The highest BCUT2D eigenvalue weighted by Gasteiger charge is 2.15. The zero-order valence-electron chi connectivity index (χ0n) is 14.9. The summed E-state index contributed by atoms with van der Waals surface area (Å²) in [6.45, 7) is 4.01.